The van der Waals surface area contributed by atoms with Gasteiger partial charge < -0.3 is 30.1 Å². The Balaban J connectivity index is 1.13. The van der Waals surface area contributed by atoms with Crippen LogP contribution in [0.5, 0.6) is 0 Å². The van der Waals surface area contributed by atoms with Crippen molar-refractivity contribution in [1.29, 1.82) is 0 Å². The van der Waals surface area contributed by atoms with Gasteiger partial charge >= 0.3 is 17.4 Å². The molecule has 1 aliphatic rings. The number of nitrogens with one attached hydrogen (secondary N) is 2. The normalized spacial score (nSPS) is 14.9. The van der Waals surface area contributed by atoms with Crippen molar-refractivity contribution < 1.29 is 59.3 Å². The lowest BCUT2D eigenvalue weighted by atomic mass is 9.84. The van der Waals surface area contributed by atoms with Gasteiger partial charge in [-0.15, -0.1) is 23.5 Å². The van der Waals surface area contributed by atoms with Crippen molar-refractivity contribution in [1.82, 2.24) is 9.62 Å². The Hall–Kier alpha value is -5.29. The summed E-state index contributed by atoms with van der Waals surface area (Å²) in [5.74, 6) is -3.04. The highest BCUT2D eigenvalue weighted by molar-refractivity contribution is 8.00. The number of anilines is 2. The number of thioether (sulfide) groups is 2. The number of carbonyl (C=O) groups is 3. The summed E-state index contributed by atoms with van der Waals surface area (Å²) in [6.07, 6.45) is 0.782. The van der Waals surface area contributed by atoms with Crippen LogP contribution in [0.3, 0.4) is 0 Å². The van der Waals surface area contributed by atoms with Crippen LogP contribution in [-0.2, 0) is 34.2 Å². The number of alkyl halides is 3. The van der Waals surface area contributed by atoms with Crippen LogP contribution in [0.1, 0.15) is 48.2 Å². The molecule has 0 aliphatic carbocycles. The second kappa shape index (κ2) is 24.6. The fraction of sp³-hybridized carbons (Fsp3) is 0.340. The van der Waals surface area contributed by atoms with Gasteiger partial charge in [0.1, 0.15) is 11.5 Å². The second-order valence-electron chi connectivity index (χ2n) is 17.4. The molecule has 5 aromatic rings. The predicted molar refractivity (Wildman–Crippen MR) is 275 cm³/mol. The Kier molecular flexibility index (Phi) is 19.2. The number of hydrogen-bond donors (Lipinski definition) is 4. The first kappa shape index (κ1) is 56.0. The fourth-order valence-corrected chi connectivity index (χ4v) is 11.7. The van der Waals surface area contributed by atoms with E-state index in [2.05, 4.69) is 10.2 Å². The van der Waals surface area contributed by atoms with E-state index in [1.807, 2.05) is 53.3 Å². The number of esters is 1. The molecule has 0 saturated carbocycles. The lowest BCUT2D eigenvalue weighted by Gasteiger charge is -2.36. The molecule has 1 aliphatic heterocycles. The number of sulfonamides is 1. The number of rotatable bonds is 23. The minimum Gasteiger partial charge on any atom is -0.481 e. The van der Waals surface area contributed by atoms with Gasteiger partial charge in [-0.3, -0.25) is 14.4 Å². The van der Waals surface area contributed by atoms with Gasteiger partial charge in [-0.2, -0.15) is 13.2 Å². The number of amides is 1. The Morgan fingerprint density at radius 2 is 1.53 bits per heavy atom. The largest absolute Gasteiger partial charge is 0.501 e. The number of nitrogens with zero attached hydrogens (tertiary/aromatic N) is 2. The van der Waals surface area contributed by atoms with Crippen molar-refractivity contribution in [3.63, 3.8) is 0 Å². The highest BCUT2D eigenvalue weighted by atomic mass is 35.5. The molecule has 0 radical (unpaired) electrons. The first-order valence-corrected chi connectivity index (χ1v) is 28.0. The third-order valence-electron chi connectivity index (χ3n) is 12.0. The van der Waals surface area contributed by atoms with E-state index in [1.165, 1.54) is 23.9 Å². The van der Waals surface area contributed by atoms with Gasteiger partial charge in [-0.1, -0.05) is 66.2 Å². The zero-order valence-electron chi connectivity index (χ0n) is 39.2. The van der Waals surface area contributed by atoms with E-state index in [4.69, 9.17) is 21.4 Å². The second-order valence-corrected chi connectivity index (χ2v) is 23.5. The van der Waals surface area contributed by atoms with Gasteiger partial charge in [-0.25, -0.2) is 21.6 Å². The van der Waals surface area contributed by atoms with Crippen LogP contribution in [0.2, 0.25) is 5.02 Å². The number of benzene rings is 5. The van der Waals surface area contributed by atoms with Gasteiger partial charge in [0.25, 0.3) is 25.8 Å². The maximum atomic E-state index is 14.3. The first-order valence-electron chi connectivity index (χ1n) is 22.6. The lowest BCUT2D eigenvalue weighted by Crippen LogP contribution is -2.42. The van der Waals surface area contributed by atoms with E-state index in [-0.39, 0.29) is 54.9 Å². The predicted octanol–water partition coefficient (Wildman–Crippen LogP) is 9.02. The molecule has 386 valence electrons. The number of ether oxygens (including phenoxy) is 1. The summed E-state index contributed by atoms with van der Waals surface area (Å²) in [5.41, 5.74) is -4.20. The van der Waals surface area contributed by atoms with E-state index in [9.17, 15) is 49.5 Å². The summed E-state index contributed by atoms with van der Waals surface area (Å²) < 4.78 is 104. The van der Waals surface area contributed by atoms with Crippen LogP contribution < -0.4 is 14.9 Å². The van der Waals surface area contributed by atoms with Crippen molar-refractivity contribution >= 4 is 84.2 Å². The monoisotopic (exact) mass is 1090 g/mol. The standard InChI is InChI=1S/C50H54ClF3N4O10S4/c1-49(33-70-39-8-4-3-5-9-39,24-27-57(2)28-29-68-46(61)32-69-31-45(59)60)55-43-21-20-40(30-44(43)71(64,65)50(52,53)54)72(66,67)56-48(63)36-14-18-38(19-15-36)58-25-22-35(23-26-58)47(62)42-11-7-6-10-41(42)34-12-16-37(51)17-13-34/h3-21,30,35,47,55,62H,22-29,31-33H2,1-2H3,(H,56,63)(H,59,60)/t47-,49+/m1/s1. The molecular formula is C50H54ClF3N4O10S4. The molecule has 1 amide bonds. The minimum absolute atomic E-state index is 0.0343. The van der Waals surface area contributed by atoms with Gasteiger partial charge in [0.05, 0.1) is 28.2 Å². The molecular weight excluding hydrogens is 1040 g/mol. The molecule has 2 atom stereocenters. The highest BCUT2D eigenvalue weighted by Crippen LogP contribution is 2.40. The molecule has 22 heteroatoms. The quantitative estimate of drug-likeness (QED) is 0.0357. The zero-order chi connectivity index (χ0) is 52.3. The van der Waals surface area contributed by atoms with Crippen LogP contribution in [0.15, 0.2) is 136 Å². The van der Waals surface area contributed by atoms with E-state index >= 15 is 0 Å². The minimum atomic E-state index is -6.19. The zero-order valence-corrected chi connectivity index (χ0v) is 43.2. The third kappa shape index (κ3) is 15.1. The van der Waals surface area contributed by atoms with E-state index < -0.39 is 70.3 Å². The molecule has 5 aromatic carbocycles. The number of aliphatic carboxylic acids is 1. The summed E-state index contributed by atoms with van der Waals surface area (Å²) in [6.45, 7) is 3.32. The van der Waals surface area contributed by atoms with E-state index in [0.717, 1.165) is 51.2 Å². The Bertz CT molecular complexity index is 2900. The number of piperidine rings is 1. The number of carbonyl (C=O) groups excluding carboxylic acids is 2. The molecule has 0 unspecified atom stereocenters. The van der Waals surface area contributed by atoms with Crippen LogP contribution in [0, 0.1) is 5.92 Å². The van der Waals surface area contributed by atoms with Crippen LogP contribution >= 0.6 is 35.1 Å². The van der Waals surface area contributed by atoms with Gasteiger partial charge in [-0.05, 0) is 123 Å². The number of likely N-dealkylation sites (N-methyl/N-ethyl adjacent to an activating group) is 1. The number of sulfone groups is 1. The number of halogens is 4. The number of aliphatic hydroxyl groups excluding tert-OH is 1. The topological polar surface area (TPSA) is 200 Å². The molecule has 1 heterocycles. The van der Waals surface area contributed by atoms with Gasteiger partial charge in [0.15, 0.2) is 0 Å². The average Bonchev–Trinajstić information content (AvgIpc) is 3.35. The lowest BCUT2D eigenvalue weighted by molar-refractivity contribution is -0.140. The van der Waals surface area contributed by atoms with Gasteiger partial charge in [0.2, 0.25) is 0 Å². The van der Waals surface area contributed by atoms with Crippen molar-refractivity contribution in [2.75, 3.05) is 67.3 Å². The summed E-state index contributed by atoms with van der Waals surface area (Å²) in [6, 6.07) is 32.4. The number of aliphatic hydroxyl groups is 1. The fourth-order valence-electron chi connectivity index (χ4n) is 7.94. The Morgan fingerprint density at radius 1 is 0.875 bits per heavy atom. The van der Waals surface area contributed by atoms with Crippen LogP contribution in [0.25, 0.3) is 11.1 Å². The maximum Gasteiger partial charge on any atom is 0.501 e. The first-order chi connectivity index (χ1) is 34.0. The molecule has 14 nitrogen and oxygen atoms in total. The third-order valence-corrected chi connectivity index (χ3v) is 17.3. The summed E-state index contributed by atoms with van der Waals surface area (Å²) in [7, 11) is -9.43. The smallest absolute Gasteiger partial charge is 0.481 e. The molecule has 1 fully saturated rings. The molecule has 1 saturated heterocycles. The summed E-state index contributed by atoms with van der Waals surface area (Å²) >= 11 is 8.33. The Labute approximate surface area is 430 Å². The number of carboxylic acid groups (broad SMARTS) is 1. The maximum absolute atomic E-state index is 14.3. The van der Waals surface area contributed by atoms with E-state index in [0.29, 0.717) is 37.0 Å². The van der Waals surface area contributed by atoms with Crippen molar-refractivity contribution in [3.8, 4) is 11.1 Å². The summed E-state index contributed by atoms with van der Waals surface area (Å²) in [5, 5.41) is 23.9. The molecule has 72 heavy (non-hydrogen) atoms. The highest BCUT2D eigenvalue weighted by Gasteiger charge is 2.49. The molecule has 0 spiro atoms. The van der Waals surface area contributed by atoms with Crippen LogP contribution in [0.4, 0.5) is 24.5 Å². The van der Waals surface area contributed by atoms with Crippen LogP contribution in [-0.4, -0.2) is 118 Å². The van der Waals surface area contributed by atoms with Crippen molar-refractivity contribution in [3.05, 3.63) is 137 Å². The molecule has 0 aromatic heterocycles. The molecule has 0 bridgehead atoms. The Morgan fingerprint density at radius 3 is 2.18 bits per heavy atom. The number of hydrogen-bond acceptors (Lipinski definition) is 14. The average molecular weight is 1090 g/mol. The molecule has 4 N–H and O–H groups in total. The van der Waals surface area contributed by atoms with E-state index in [1.54, 1.807) is 61.3 Å². The SMILES string of the molecule is CN(CCOC(=O)CSCC(=O)O)CC[C@@](C)(CSc1ccccc1)Nc1ccc(S(=O)(=O)NC(=O)c2ccc(N3CCC([C@@H](O)c4ccccc4-c4ccc(Cl)cc4)CC3)cc2)cc1S(=O)(=O)C(F)(F)F. The number of carboxylic acids is 1. The summed E-state index contributed by atoms with van der Waals surface area (Å²) in [4.78, 5) is 38.5. The van der Waals surface area contributed by atoms with Gasteiger partial charge in [0, 0.05) is 58.6 Å². The molecule has 6 rings (SSSR count). The van der Waals surface area contributed by atoms with Crippen molar-refractivity contribution in [2.24, 2.45) is 5.92 Å². The van der Waals surface area contributed by atoms with Crippen molar-refractivity contribution in [2.45, 2.75) is 58.0 Å².